The van der Waals surface area contributed by atoms with Gasteiger partial charge in [0, 0.05) is 19.2 Å². The van der Waals surface area contributed by atoms with Gasteiger partial charge in [-0.3, -0.25) is 14.5 Å². The maximum absolute atomic E-state index is 13.6. The number of aliphatic carboxylic acids is 1. The number of rotatable bonds is 8. The highest BCUT2D eigenvalue weighted by Crippen LogP contribution is 2.28. The Labute approximate surface area is 200 Å². The van der Waals surface area contributed by atoms with Crippen LogP contribution in [0.3, 0.4) is 0 Å². The van der Waals surface area contributed by atoms with Crippen LogP contribution in [-0.4, -0.2) is 69.9 Å². The van der Waals surface area contributed by atoms with E-state index in [1.165, 1.54) is 6.92 Å². The molecule has 2 N–H and O–H groups in total. The molecule has 0 aromatic heterocycles. The minimum Gasteiger partial charge on any atom is -0.478 e. The molecular formula is C26H43N3O4. The molecule has 0 saturated carbocycles. The van der Waals surface area contributed by atoms with Crippen molar-refractivity contribution in [2.75, 3.05) is 13.6 Å². The first-order valence-corrected chi connectivity index (χ1v) is 11.8. The smallest absolute Gasteiger partial charge is 0.331 e. The van der Waals surface area contributed by atoms with E-state index < -0.39 is 35.0 Å². The number of piperidine rings is 1. The average molecular weight is 462 g/mol. The molecule has 2 amide bonds. The first-order valence-electron chi connectivity index (χ1n) is 11.8. The monoisotopic (exact) mass is 461 g/mol. The molecule has 1 saturated heterocycles. The van der Waals surface area contributed by atoms with Gasteiger partial charge in [-0.15, -0.1) is 6.42 Å². The largest absolute Gasteiger partial charge is 0.478 e. The molecule has 186 valence electrons. The molecule has 0 aliphatic carbocycles. The maximum Gasteiger partial charge on any atom is 0.331 e. The number of nitrogens with zero attached hydrogens (tertiary/aromatic N) is 2. The van der Waals surface area contributed by atoms with Crippen molar-refractivity contribution in [3.8, 4) is 12.3 Å². The molecule has 3 atom stereocenters. The number of likely N-dealkylation sites (tertiary alicyclic amines) is 1. The fourth-order valence-corrected chi connectivity index (χ4v) is 4.27. The van der Waals surface area contributed by atoms with Crippen molar-refractivity contribution in [2.45, 2.75) is 98.3 Å². The van der Waals surface area contributed by atoms with Crippen molar-refractivity contribution in [2.24, 2.45) is 11.3 Å². The highest BCUT2D eigenvalue weighted by Gasteiger charge is 2.41. The lowest BCUT2D eigenvalue weighted by Gasteiger charge is -2.44. The third kappa shape index (κ3) is 7.33. The number of terminal acetylenes is 1. The second-order valence-corrected chi connectivity index (χ2v) is 11.1. The molecule has 0 aromatic carbocycles. The molecule has 0 spiro atoms. The van der Waals surface area contributed by atoms with Crippen molar-refractivity contribution < 1.29 is 19.5 Å². The van der Waals surface area contributed by atoms with Gasteiger partial charge in [0.25, 0.3) is 0 Å². The van der Waals surface area contributed by atoms with Gasteiger partial charge in [0.1, 0.15) is 6.04 Å². The van der Waals surface area contributed by atoms with Crippen LogP contribution in [0.5, 0.6) is 0 Å². The number of carboxylic acids is 1. The van der Waals surface area contributed by atoms with E-state index in [-0.39, 0.29) is 23.3 Å². The summed E-state index contributed by atoms with van der Waals surface area (Å²) in [6, 6.07) is -1.59. The molecule has 0 bridgehead atoms. The highest BCUT2D eigenvalue weighted by molar-refractivity contribution is 5.91. The van der Waals surface area contributed by atoms with Crippen LogP contribution in [0, 0.1) is 23.7 Å². The van der Waals surface area contributed by atoms with Gasteiger partial charge in [-0.2, -0.15) is 0 Å². The van der Waals surface area contributed by atoms with E-state index in [9.17, 15) is 19.5 Å². The molecule has 0 aromatic rings. The van der Waals surface area contributed by atoms with Crippen LogP contribution < -0.4 is 5.32 Å². The number of hydrogen-bond donors (Lipinski definition) is 2. The Morgan fingerprint density at radius 1 is 1.18 bits per heavy atom. The van der Waals surface area contributed by atoms with Gasteiger partial charge in [-0.05, 0) is 44.9 Å². The number of carboxylic acid groups (broad SMARTS) is 1. The van der Waals surface area contributed by atoms with Crippen LogP contribution in [0.2, 0.25) is 0 Å². The van der Waals surface area contributed by atoms with Crippen LogP contribution in [-0.2, 0) is 14.4 Å². The minimum absolute atomic E-state index is 0.00478. The summed E-state index contributed by atoms with van der Waals surface area (Å²) in [5.41, 5.74) is -0.934. The first kappa shape index (κ1) is 28.7. The lowest BCUT2D eigenvalue weighted by Crippen LogP contribution is -2.62. The fourth-order valence-electron chi connectivity index (χ4n) is 4.27. The third-order valence-corrected chi connectivity index (χ3v) is 6.51. The standard InChI is InChI=1S/C26H43N3O4/c1-11-26(8,9)29-15-13-12-14-19(29)22(30)27-21(25(5,6)7)23(31)28(10)20(17(2)3)16-18(4)24(32)33/h1,16-17,19-21H,12-15H2,2-10H3,(H,27,30)(H,32,33)/b18-16+/t19-,20?,21-/m1/s1. The van der Waals surface area contributed by atoms with Gasteiger partial charge in [-0.1, -0.05) is 53.0 Å². The van der Waals surface area contributed by atoms with Crippen LogP contribution in [0.25, 0.3) is 0 Å². The highest BCUT2D eigenvalue weighted by atomic mass is 16.4. The second-order valence-electron chi connectivity index (χ2n) is 11.1. The lowest BCUT2D eigenvalue weighted by molar-refractivity contribution is -0.142. The van der Waals surface area contributed by atoms with Gasteiger partial charge >= 0.3 is 5.97 Å². The molecule has 1 fully saturated rings. The number of amides is 2. The maximum atomic E-state index is 13.6. The molecule has 7 heteroatoms. The predicted molar refractivity (Wildman–Crippen MR) is 131 cm³/mol. The summed E-state index contributed by atoms with van der Waals surface area (Å²) >= 11 is 0. The summed E-state index contributed by atoms with van der Waals surface area (Å²) in [4.78, 5) is 42.0. The summed E-state index contributed by atoms with van der Waals surface area (Å²) in [5, 5.41) is 12.3. The SMILES string of the molecule is C#CC(C)(C)N1CCCC[C@@H]1C(=O)N[C@H](C(=O)N(C)C(/C=C(\C)C(=O)O)C(C)C)C(C)(C)C. The Kier molecular flexibility index (Phi) is 9.74. The van der Waals surface area contributed by atoms with E-state index >= 15 is 0 Å². The number of carbonyl (C=O) groups is 3. The predicted octanol–water partition coefficient (Wildman–Crippen LogP) is 3.30. The van der Waals surface area contributed by atoms with E-state index in [4.69, 9.17) is 6.42 Å². The molecule has 0 radical (unpaired) electrons. The molecule has 33 heavy (non-hydrogen) atoms. The minimum atomic E-state index is -1.02. The zero-order valence-corrected chi connectivity index (χ0v) is 21.9. The van der Waals surface area contributed by atoms with E-state index in [1.807, 2.05) is 48.5 Å². The van der Waals surface area contributed by atoms with Crippen molar-refractivity contribution in [3.63, 3.8) is 0 Å². The summed E-state index contributed by atoms with van der Waals surface area (Å²) in [5.74, 6) is 1.32. The molecule has 7 nitrogen and oxygen atoms in total. The number of carbonyl (C=O) groups excluding carboxylic acids is 2. The summed E-state index contributed by atoms with van der Waals surface area (Å²) < 4.78 is 0. The first-order chi connectivity index (χ1) is 15.0. The number of hydrogen-bond acceptors (Lipinski definition) is 4. The van der Waals surface area contributed by atoms with Crippen molar-refractivity contribution >= 4 is 17.8 Å². The van der Waals surface area contributed by atoms with Gasteiger partial charge in [-0.25, -0.2) is 4.79 Å². The molecule has 1 unspecified atom stereocenters. The molecule has 1 aliphatic rings. The Balaban J connectivity index is 3.23. The fraction of sp³-hybridized carbons (Fsp3) is 0.731. The van der Waals surface area contributed by atoms with E-state index in [1.54, 1.807) is 18.0 Å². The quantitative estimate of drug-likeness (QED) is 0.428. The van der Waals surface area contributed by atoms with Crippen LogP contribution in [0.15, 0.2) is 11.6 Å². The van der Waals surface area contributed by atoms with Crippen molar-refractivity contribution in [1.82, 2.24) is 15.1 Å². The Morgan fingerprint density at radius 2 is 1.76 bits per heavy atom. The van der Waals surface area contributed by atoms with E-state index in [0.717, 1.165) is 19.4 Å². The van der Waals surface area contributed by atoms with Gasteiger partial charge in [0.2, 0.25) is 11.8 Å². The van der Waals surface area contributed by atoms with Crippen LogP contribution in [0.1, 0.15) is 74.7 Å². The van der Waals surface area contributed by atoms with E-state index in [2.05, 4.69) is 16.1 Å². The normalized spacial score (nSPS) is 20.0. The number of likely N-dealkylation sites (N-methyl/N-ethyl adjacent to an activating group) is 1. The topological polar surface area (TPSA) is 90.0 Å². The second kappa shape index (κ2) is 11.2. The molecular weight excluding hydrogens is 418 g/mol. The van der Waals surface area contributed by atoms with Crippen LogP contribution in [0.4, 0.5) is 0 Å². The Morgan fingerprint density at radius 3 is 2.21 bits per heavy atom. The summed E-state index contributed by atoms with van der Waals surface area (Å²) in [6.45, 7) is 15.7. The number of nitrogens with one attached hydrogen (secondary N) is 1. The zero-order valence-electron chi connectivity index (χ0n) is 21.9. The molecule has 1 aliphatic heterocycles. The summed E-state index contributed by atoms with van der Waals surface area (Å²) in [7, 11) is 1.66. The van der Waals surface area contributed by atoms with Crippen molar-refractivity contribution in [3.05, 3.63) is 11.6 Å². The van der Waals surface area contributed by atoms with Gasteiger partial charge in [0.15, 0.2) is 0 Å². The molecule has 1 rings (SSSR count). The van der Waals surface area contributed by atoms with Gasteiger partial charge in [0.05, 0.1) is 17.6 Å². The average Bonchev–Trinajstić information content (AvgIpc) is 2.73. The van der Waals surface area contributed by atoms with Crippen LogP contribution >= 0.6 is 0 Å². The van der Waals surface area contributed by atoms with Gasteiger partial charge < -0.3 is 15.3 Å². The molecule has 1 heterocycles. The Bertz CT molecular complexity index is 801. The van der Waals surface area contributed by atoms with Crippen molar-refractivity contribution in [1.29, 1.82) is 0 Å². The lowest BCUT2D eigenvalue weighted by atomic mass is 9.84. The third-order valence-electron chi connectivity index (χ3n) is 6.51. The zero-order chi connectivity index (χ0) is 25.7. The van der Waals surface area contributed by atoms with E-state index in [0.29, 0.717) is 6.42 Å². The summed E-state index contributed by atoms with van der Waals surface area (Å²) in [6.07, 6.45) is 9.94. The Hall–Kier alpha value is -2.33.